The first-order valence-electron chi connectivity index (χ1n) is 8.57. The molecule has 0 saturated carbocycles. The molecule has 23 heavy (non-hydrogen) atoms. The average Bonchev–Trinajstić information content (AvgIpc) is 2.55. The molecule has 1 aliphatic heterocycles. The van der Waals surface area contributed by atoms with E-state index < -0.39 is 0 Å². The average molecular weight is 318 g/mol. The molecular formula is C18H30N4O. The summed E-state index contributed by atoms with van der Waals surface area (Å²) in [6, 6.07) is 6.53. The quantitative estimate of drug-likeness (QED) is 0.619. The molecule has 2 N–H and O–H groups in total. The second-order valence-electron chi connectivity index (χ2n) is 6.01. The van der Waals surface area contributed by atoms with Gasteiger partial charge in [-0.2, -0.15) is 0 Å². The molecule has 0 atom stereocenters. The van der Waals surface area contributed by atoms with Crippen LogP contribution in [0.5, 0.6) is 0 Å². The lowest BCUT2D eigenvalue weighted by Crippen LogP contribution is -2.44. The van der Waals surface area contributed by atoms with E-state index in [-0.39, 0.29) is 0 Å². The van der Waals surface area contributed by atoms with Crippen molar-refractivity contribution in [1.82, 2.24) is 15.5 Å². The summed E-state index contributed by atoms with van der Waals surface area (Å²) in [6.45, 7) is 13.6. The van der Waals surface area contributed by atoms with Crippen LogP contribution in [0, 0.1) is 13.8 Å². The fourth-order valence-corrected chi connectivity index (χ4v) is 2.69. The molecule has 0 unspecified atom stereocenters. The summed E-state index contributed by atoms with van der Waals surface area (Å²) < 4.78 is 5.37. The van der Waals surface area contributed by atoms with Gasteiger partial charge in [-0.3, -0.25) is 4.90 Å². The molecule has 2 rings (SSSR count). The Balaban J connectivity index is 1.83. The Kier molecular flexibility index (Phi) is 7.36. The molecular weight excluding hydrogens is 288 g/mol. The third-order valence-electron chi connectivity index (χ3n) is 4.07. The second kappa shape index (κ2) is 9.53. The second-order valence-corrected chi connectivity index (χ2v) is 6.01. The van der Waals surface area contributed by atoms with E-state index in [0.29, 0.717) is 6.54 Å². The highest BCUT2D eigenvalue weighted by Gasteiger charge is 2.09. The molecule has 1 heterocycles. The van der Waals surface area contributed by atoms with Crippen molar-refractivity contribution in [3.63, 3.8) is 0 Å². The van der Waals surface area contributed by atoms with Crippen molar-refractivity contribution in [2.45, 2.75) is 27.3 Å². The largest absolute Gasteiger partial charge is 0.379 e. The van der Waals surface area contributed by atoms with Gasteiger partial charge in [-0.05, 0) is 31.9 Å². The van der Waals surface area contributed by atoms with Gasteiger partial charge in [0.15, 0.2) is 5.96 Å². The molecule has 1 aromatic rings. The highest BCUT2D eigenvalue weighted by Crippen LogP contribution is 2.11. The number of hydrogen-bond donors (Lipinski definition) is 2. The van der Waals surface area contributed by atoms with Crippen LogP contribution < -0.4 is 10.6 Å². The Labute approximate surface area is 140 Å². The van der Waals surface area contributed by atoms with E-state index in [4.69, 9.17) is 9.73 Å². The van der Waals surface area contributed by atoms with Crippen molar-refractivity contribution in [2.75, 3.05) is 45.9 Å². The molecule has 0 spiro atoms. The molecule has 0 bridgehead atoms. The van der Waals surface area contributed by atoms with Gasteiger partial charge in [0.05, 0.1) is 19.8 Å². The molecule has 0 aliphatic carbocycles. The van der Waals surface area contributed by atoms with Crippen LogP contribution in [0.3, 0.4) is 0 Å². The van der Waals surface area contributed by atoms with E-state index in [2.05, 4.69) is 54.5 Å². The van der Waals surface area contributed by atoms with E-state index in [1.165, 1.54) is 16.7 Å². The minimum absolute atomic E-state index is 0.707. The Morgan fingerprint density at radius 3 is 2.70 bits per heavy atom. The fraction of sp³-hybridized carbons (Fsp3) is 0.611. The Morgan fingerprint density at radius 1 is 1.22 bits per heavy atom. The summed E-state index contributed by atoms with van der Waals surface area (Å²) in [4.78, 5) is 7.13. The summed E-state index contributed by atoms with van der Waals surface area (Å²) >= 11 is 0. The fourth-order valence-electron chi connectivity index (χ4n) is 2.69. The molecule has 1 saturated heterocycles. The van der Waals surface area contributed by atoms with Gasteiger partial charge in [0.25, 0.3) is 0 Å². The highest BCUT2D eigenvalue weighted by atomic mass is 16.5. The van der Waals surface area contributed by atoms with Crippen LogP contribution in [0.1, 0.15) is 23.6 Å². The summed E-state index contributed by atoms with van der Waals surface area (Å²) in [5, 5.41) is 6.74. The maximum atomic E-state index is 5.37. The van der Waals surface area contributed by atoms with Gasteiger partial charge in [-0.1, -0.05) is 23.8 Å². The Morgan fingerprint density at radius 2 is 2.00 bits per heavy atom. The van der Waals surface area contributed by atoms with Crippen LogP contribution >= 0.6 is 0 Å². The van der Waals surface area contributed by atoms with Crippen LogP contribution in [-0.4, -0.2) is 56.8 Å². The number of benzene rings is 1. The number of rotatable bonds is 6. The van der Waals surface area contributed by atoms with Crippen molar-refractivity contribution in [3.8, 4) is 0 Å². The van der Waals surface area contributed by atoms with Gasteiger partial charge in [0.2, 0.25) is 0 Å². The monoisotopic (exact) mass is 318 g/mol. The van der Waals surface area contributed by atoms with Crippen LogP contribution in [0.25, 0.3) is 0 Å². The van der Waals surface area contributed by atoms with Crippen LogP contribution in [0.2, 0.25) is 0 Å². The van der Waals surface area contributed by atoms with E-state index in [1.54, 1.807) is 0 Å². The van der Waals surface area contributed by atoms with Gasteiger partial charge in [0.1, 0.15) is 0 Å². The molecule has 128 valence electrons. The van der Waals surface area contributed by atoms with E-state index >= 15 is 0 Å². The lowest BCUT2D eigenvalue weighted by atomic mass is 10.1. The maximum Gasteiger partial charge on any atom is 0.191 e. The standard InChI is InChI=1S/C18H30N4O/c1-4-19-18(20-7-8-22-9-11-23-12-10-22)21-14-17-6-5-15(2)13-16(17)3/h5-6,13H,4,7-12,14H2,1-3H3,(H2,19,20,21). The zero-order valence-corrected chi connectivity index (χ0v) is 14.7. The van der Waals surface area contributed by atoms with Crippen molar-refractivity contribution >= 4 is 5.96 Å². The summed E-state index contributed by atoms with van der Waals surface area (Å²) in [7, 11) is 0. The Bertz CT molecular complexity index is 510. The van der Waals surface area contributed by atoms with E-state index in [0.717, 1.165) is 51.9 Å². The van der Waals surface area contributed by atoms with Crippen LogP contribution in [0.4, 0.5) is 0 Å². The molecule has 1 aromatic carbocycles. The van der Waals surface area contributed by atoms with Crippen molar-refractivity contribution in [3.05, 3.63) is 34.9 Å². The van der Waals surface area contributed by atoms with E-state index in [1.807, 2.05) is 0 Å². The number of aryl methyl sites for hydroxylation is 2. The highest BCUT2D eigenvalue weighted by molar-refractivity contribution is 5.79. The van der Waals surface area contributed by atoms with Crippen LogP contribution in [-0.2, 0) is 11.3 Å². The number of aliphatic imine (C=N–C) groups is 1. The summed E-state index contributed by atoms with van der Waals surface area (Å²) in [6.07, 6.45) is 0. The number of guanidine groups is 1. The lowest BCUT2D eigenvalue weighted by molar-refractivity contribution is 0.0389. The number of nitrogens with one attached hydrogen (secondary N) is 2. The Hall–Kier alpha value is -1.59. The van der Waals surface area contributed by atoms with Gasteiger partial charge >= 0.3 is 0 Å². The topological polar surface area (TPSA) is 48.9 Å². The molecule has 1 aliphatic rings. The first-order valence-corrected chi connectivity index (χ1v) is 8.57. The summed E-state index contributed by atoms with van der Waals surface area (Å²) in [5.41, 5.74) is 3.88. The third-order valence-corrected chi connectivity index (χ3v) is 4.07. The zero-order chi connectivity index (χ0) is 16.5. The molecule has 5 heteroatoms. The molecule has 0 amide bonds. The third kappa shape index (κ3) is 6.20. The SMILES string of the molecule is CCNC(=NCc1ccc(C)cc1C)NCCN1CCOCC1. The summed E-state index contributed by atoms with van der Waals surface area (Å²) in [5.74, 6) is 0.890. The minimum atomic E-state index is 0.707. The van der Waals surface area contributed by atoms with Gasteiger partial charge in [-0.15, -0.1) is 0 Å². The predicted octanol–water partition coefficient (Wildman–Crippen LogP) is 1.69. The first kappa shape index (κ1) is 17.8. The number of morpholine rings is 1. The van der Waals surface area contributed by atoms with E-state index in [9.17, 15) is 0 Å². The first-order chi connectivity index (χ1) is 11.2. The van der Waals surface area contributed by atoms with Crippen molar-refractivity contribution in [1.29, 1.82) is 0 Å². The molecule has 5 nitrogen and oxygen atoms in total. The van der Waals surface area contributed by atoms with Crippen molar-refractivity contribution in [2.24, 2.45) is 4.99 Å². The molecule has 0 aromatic heterocycles. The smallest absolute Gasteiger partial charge is 0.191 e. The normalized spacial score (nSPS) is 16.4. The number of ether oxygens (including phenoxy) is 1. The minimum Gasteiger partial charge on any atom is -0.379 e. The molecule has 0 radical (unpaired) electrons. The van der Waals surface area contributed by atoms with Crippen LogP contribution in [0.15, 0.2) is 23.2 Å². The molecule has 1 fully saturated rings. The number of nitrogens with zero attached hydrogens (tertiary/aromatic N) is 2. The van der Waals surface area contributed by atoms with Gasteiger partial charge in [-0.25, -0.2) is 4.99 Å². The van der Waals surface area contributed by atoms with Gasteiger partial charge < -0.3 is 15.4 Å². The van der Waals surface area contributed by atoms with Gasteiger partial charge in [0, 0.05) is 32.7 Å². The predicted molar refractivity (Wildman–Crippen MR) is 96.0 cm³/mol. The lowest BCUT2D eigenvalue weighted by Gasteiger charge is -2.26. The maximum absolute atomic E-state index is 5.37. The number of hydrogen-bond acceptors (Lipinski definition) is 3. The zero-order valence-electron chi connectivity index (χ0n) is 14.7. The van der Waals surface area contributed by atoms with Crippen molar-refractivity contribution < 1.29 is 4.74 Å².